The van der Waals surface area contributed by atoms with E-state index in [9.17, 15) is 23.1 Å². The van der Waals surface area contributed by atoms with E-state index in [0.29, 0.717) is 0 Å². The second-order valence-corrected chi connectivity index (χ2v) is 8.47. The Hall–Kier alpha value is -1.97. The van der Waals surface area contributed by atoms with E-state index >= 15 is 0 Å². The van der Waals surface area contributed by atoms with E-state index in [4.69, 9.17) is 4.74 Å². The molecule has 1 aromatic rings. The van der Waals surface area contributed by atoms with Gasteiger partial charge in [0.15, 0.2) is 6.10 Å². The molecule has 1 aliphatic rings. The van der Waals surface area contributed by atoms with E-state index < -0.39 is 40.2 Å². The molecule has 27 heavy (non-hydrogen) atoms. The van der Waals surface area contributed by atoms with Crippen molar-refractivity contribution in [1.82, 2.24) is 4.31 Å². The molecule has 1 fully saturated rings. The average Bonchev–Trinajstić information content (AvgIpc) is 3.03. The van der Waals surface area contributed by atoms with Gasteiger partial charge < -0.3 is 14.6 Å². The Morgan fingerprint density at radius 1 is 1.30 bits per heavy atom. The lowest BCUT2D eigenvalue weighted by Gasteiger charge is -2.24. The van der Waals surface area contributed by atoms with Gasteiger partial charge in [-0.05, 0) is 43.5 Å². The number of carbonyl (C=O) groups excluding carboxylic acids is 2. The highest BCUT2D eigenvalue weighted by Crippen LogP contribution is 2.28. The van der Waals surface area contributed by atoms with Crippen LogP contribution in [0.15, 0.2) is 23.1 Å². The number of carbonyl (C=O) groups is 2. The topological polar surface area (TPSA) is 110 Å². The van der Waals surface area contributed by atoms with E-state index in [1.807, 2.05) is 6.92 Å². The summed E-state index contributed by atoms with van der Waals surface area (Å²) >= 11 is 0. The van der Waals surface area contributed by atoms with Crippen molar-refractivity contribution in [3.05, 3.63) is 29.3 Å². The number of benzene rings is 1. The fourth-order valence-corrected chi connectivity index (χ4v) is 4.63. The predicted octanol–water partition coefficient (Wildman–Crippen LogP) is 0.922. The maximum atomic E-state index is 13.0. The fraction of sp³-hybridized carbons (Fsp3) is 0.556. The number of hydrogen-bond acceptors (Lipinski definition) is 7. The minimum absolute atomic E-state index is 0.0394. The molecule has 0 aliphatic carbocycles. The van der Waals surface area contributed by atoms with E-state index in [1.54, 1.807) is 19.9 Å². The Morgan fingerprint density at radius 2 is 1.96 bits per heavy atom. The summed E-state index contributed by atoms with van der Waals surface area (Å²) in [6.07, 6.45) is -2.02. The molecule has 0 amide bonds. The summed E-state index contributed by atoms with van der Waals surface area (Å²) in [5.41, 5.74) is 1.74. The lowest BCUT2D eigenvalue weighted by Crippen LogP contribution is -2.43. The highest BCUT2D eigenvalue weighted by molar-refractivity contribution is 7.89. The van der Waals surface area contributed by atoms with Crippen molar-refractivity contribution in [2.24, 2.45) is 0 Å². The van der Waals surface area contributed by atoms with Crippen LogP contribution in [0, 0.1) is 13.8 Å². The molecular formula is C18H25NO7S. The van der Waals surface area contributed by atoms with Gasteiger partial charge in [-0.3, -0.25) is 4.79 Å². The normalized spacial score (nSPS) is 21.7. The number of rotatable bonds is 6. The second-order valence-electron chi connectivity index (χ2n) is 6.58. The number of sulfonamides is 1. The van der Waals surface area contributed by atoms with Crippen molar-refractivity contribution in [2.45, 2.75) is 56.8 Å². The van der Waals surface area contributed by atoms with Gasteiger partial charge in [-0.1, -0.05) is 13.0 Å². The lowest BCUT2D eigenvalue weighted by molar-refractivity contribution is -0.168. The smallest absolute Gasteiger partial charge is 0.347 e. The van der Waals surface area contributed by atoms with Crippen LogP contribution >= 0.6 is 0 Å². The maximum Gasteiger partial charge on any atom is 0.347 e. The first-order valence-corrected chi connectivity index (χ1v) is 10.1. The number of aliphatic hydroxyl groups is 1. The number of nitrogens with zero attached hydrogens (tertiary/aromatic N) is 1. The summed E-state index contributed by atoms with van der Waals surface area (Å²) in [7, 11) is -2.84. The van der Waals surface area contributed by atoms with Gasteiger partial charge in [0.05, 0.1) is 18.1 Å². The van der Waals surface area contributed by atoms with Gasteiger partial charge >= 0.3 is 11.9 Å². The number of ether oxygens (including phenoxy) is 2. The first kappa shape index (κ1) is 21.3. The van der Waals surface area contributed by atoms with Crippen molar-refractivity contribution in [2.75, 3.05) is 13.7 Å². The summed E-state index contributed by atoms with van der Waals surface area (Å²) in [5.74, 6) is -1.59. The molecule has 1 saturated heterocycles. The number of β-amino-alcohol motifs (C(OH)–C–C–N with tert-alkyl or cyclic N) is 1. The summed E-state index contributed by atoms with van der Waals surface area (Å²) in [4.78, 5) is 24.2. The molecule has 3 atom stereocenters. The Labute approximate surface area is 159 Å². The highest BCUT2D eigenvalue weighted by atomic mass is 32.2. The molecule has 9 heteroatoms. The standard InChI is InChI=1S/C18H25NO7S/c1-5-16(18(22)25-4)26-17(21)15-9-13(20)10-19(15)27(23,24)14-7-6-11(2)12(3)8-14/h6-8,13,15-16,20H,5,9-10H2,1-4H3/t13-,15+,16-/m1/s1. The Kier molecular flexibility index (Phi) is 6.61. The molecule has 1 aromatic carbocycles. The monoisotopic (exact) mass is 399 g/mol. The van der Waals surface area contributed by atoms with Crippen LogP contribution in [0.4, 0.5) is 0 Å². The van der Waals surface area contributed by atoms with Crippen LogP contribution in [0.2, 0.25) is 0 Å². The quantitative estimate of drug-likeness (QED) is 0.708. The summed E-state index contributed by atoms with van der Waals surface area (Å²) in [6.45, 7) is 5.08. The highest BCUT2D eigenvalue weighted by Gasteiger charge is 2.45. The molecule has 0 saturated carbocycles. The first-order valence-electron chi connectivity index (χ1n) is 8.67. The summed E-state index contributed by atoms with van der Waals surface area (Å²) in [5, 5.41) is 9.97. The van der Waals surface area contributed by atoms with E-state index in [1.165, 1.54) is 19.2 Å². The molecule has 2 rings (SSSR count). The molecule has 1 heterocycles. The Bertz CT molecular complexity index is 821. The second kappa shape index (κ2) is 8.37. The summed E-state index contributed by atoms with van der Waals surface area (Å²) < 4.78 is 36.7. The molecule has 8 nitrogen and oxygen atoms in total. The molecule has 1 aliphatic heterocycles. The largest absolute Gasteiger partial charge is 0.466 e. The number of esters is 2. The number of aryl methyl sites for hydroxylation is 2. The molecule has 0 unspecified atom stereocenters. The van der Waals surface area contributed by atoms with Crippen LogP contribution in [0.25, 0.3) is 0 Å². The van der Waals surface area contributed by atoms with Gasteiger partial charge in [-0.2, -0.15) is 4.31 Å². The van der Waals surface area contributed by atoms with Gasteiger partial charge in [0.1, 0.15) is 6.04 Å². The van der Waals surface area contributed by atoms with Crippen LogP contribution in [-0.4, -0.2) is 61.7 Å². The molecule has 1 N–H and O–H groups in total. The predicted molar refractivity (Wildman–Crippen MR) is 96.4 cm³/mol. The molecule has 0 radical (unpaired) electrons. The van der Waals surface area contributed by atoms with Gasteiger partial charge in [-0.15, -0.1) is 0 Å². The fourth-order valence-electron chi connectivity index (χ4n) is 2.92. The minimum Gasteiger partial charge on any atom is -0.466 e. The third-order valence-electron chi connectivity index (χ3n) is 4.68. The minimum atomic E-state index is -4.02. The molecule has 0 aromatic heterocycles. The third-order valence-corrected chi connectivity index (χ3v) is 6.55. The number of hydrogen-bond donors (Lipinski definition) is 1. The van der Waals surface area contributed by atoms with Gasteiger partial charge in [-0.25, -0.2) is 13.2 Å². The molecular weight excluding hydrogens is 374 g/mol. The maximum absolute atomic E-state index is 13.0. The molecule has 0 bridgehead atoms. The average molecular weight is 399 g/mol. The van der Waals surface area contributed by atoms with E-state index in [2.05, 4.69) is 4.74 Å². The first-order chi connectivity index (χ1) is 12.6. The van der Waals surface area contributed by atoms with E-state index in [-0.39, 0.29) is 24.3 Å². The lowest BCUT2D eigenvalue weighted by atomic mass is 10.1. The van der Waals surface area contributed by atoms with Gasteiger partial charge in [0.25, 0.3) is 0 Å². The van der Waals surface area contributed by atoms with Crippen LogP contribution in [0.3, 0.4) is 0 Å². The zero-order valence-electron chi connectivity index (χ0n) is 15.8. The zero-order valence-corrected chi connectivity index (χ0v) is 16.7. The summed E-state index contributed by atoms with van der Waals surface area (Å²) in [6, 6.07) is 3.48. The van der Waals surface area contributed by atoms with Crippen LogP contribution in [0.1, 0.15) is 30.9 Å². The number of aliphatic hydroxyl groups excluding tert-OH is 1. The zero-order chi connectivity index (χ0) is 20.4. The van der Waals surface area contributed by atoms with Crippen molar-refractivity contribution < 1.29 is 32.6 Å². The van der Waals surface area contributed by atoms with Crippen molar-refractivity contribution in [3.8, 4) is 0 Å². The van der Waals surface area contributed by atoms with Crippen LogP contribution in [0.5, 0.6) is 0 Å². The van der Waals surface area contributed by atoms with E-state index in [0.717, 1.165) is 15.4 Å². The van der Waals surface area contributed by atoms with Gasteiger partial charge in [0.2, 0.25) is 10.0 Å². The number of methoxy groups -OCH3 is 1. The third kappa shape index (κ3) is 4.48. The molecule has 0 spiro atoms. The Morgan fingerprint density at radius 3 is 2.52 bits per heavy atom. The Balaban J connectivity index is 2.30. The van der Waals surface area contributed by atoms with Crippen molar-refractivity contribution in [3.63, 3.8) is 0 Å². The van der Waals surface area contributed by atoms with Crippen molar-refractivity contribution in [1.29, 1.82) is 0 Å². The van der Waals surface area contributed by atoms with Gasteiger partial charge in [0, 0.05) is 13.0 Å². The molecule has 150 valence electrons. The van der Waals surface area contributed by atoms with Crippen molar-refractivity contribution >= 4 is 22.0 Å². The van der Waals surface area contributed by atoms with Crippen LogP contribution in [-0.2, 0) is 29.1 Å². The SMILES string of the molecule is CC[C@@H](OC(=O)[C@@H]1C[C@@H](O)CN1S(=O)(=O)c1ccc(C)c(C)c1)C(=O)OC. The van der Waals surface area contributed by atoms with Crippen LogP contribution < -0.4 is 0 Å².